The van der Waals surface area contributed by atoms with Gasteiger partial charge >= 0.3 is 0 Å². The van der Waals surface area contributed by atoms with Gasteiger partial charge in [0.05, 0.1) is 0 Å². The summed E-state index contributed by atoms with van der Waals surface area (Å²) >= 11 is 0. The van der Waals surface area contributed by atoms with Crippen LogP contribution >= 0.6 is 0 Å². The van der Waals surface area contributed by atoms with Crippen LogP contribution in [0.1, 0.15) is 19.3 Å². The van der Waals surface area contributed by atoms with Gasteiger partial charge in [-0.05, 0) is 52.9 Å². The third-order valence-electron chi connectivity index (χ3n) is 3.69. The summed E-state index contributed by atoms with van der Waals surface area (Å²) < 4.78 is 0. The molecule has 16 heavy (non-hydrogen) atoms. The Morgan fingerprint density at radius 3 is 2.31 bits per heavy atom. The smallest absolute Gasteiger partial charge is 0.0221 e. The molecule has 0 radical (unpaired) electrons. The van der Waals surface area contributed by atoms with E-state index in [1.165, 1.54) is 19.3 Å². The molecule has 0 spiro atoms. The van der Waals surface area contributed by atoms with Crippen molar-refractivity contribution >= 4 is 0 Å². The van der Waals surface area contributed by atoms with E-state index < -0.39 is 0 Å². The summed E-state index contributed by atoms with van der Waals surface area (Å²) in [5, 5.41) is 13.5. The minimum Gasteiger partial charge on any atom is -0.318 e. The Morgan fingerprint density at radius 2 is 1.69 bits per heavy atom. The Hall–Kier alpha value is -0.160. The average Bonchev–Trinajstić information content (AvgIpc) is 2.34. The highest BCUT2D eigenvalue weighted by atomic mass is 15.0. The van der Waals surface area contributed by atoms with Gasteiger partial charge < -0.3 is 21.3 Å². The van der Waals surface area contributed by atoms with E-state index in [1.807, 2.05) is 7.05 Å². The van der Waals surface area contributed by atoms with Gasteiger partial charge in [-0.25, -0.2) is 0 Å². The summed E-state index contributed by atoms with van der Waals surface area (Å²) in [6.45, 7) is 3.30. The summed E-state index contributed by atoms with van der Waals surface area (Å²) in [5.74, 6) is 0.832. The standard InChI is InChI=1S/C12H28N4/c1-13-6-7-16-9-10-4-5-11(14-2)12(8-10)15-3/h10-16H,4-9H2,1-3H3. The van der Waals surface area contributed by atoms with Crippen LogP contribution in [0.15, 0.2) is 0 Å². The van der Waals surface area contributed by atoms with Gasteiger partial charge in [0.2, 0.25) is 0 Å². The van der Waals surface area contributed by atoms with Crippen molar-refractivity contribution in [2.75, 3.05) is 40.8 Å². The van der Waals surface area contributed by atoms with E-state index in [0.717, 1.165) is 25.6 Å². The molecule has 4 heteroatoms. The Morgan fingerprint density at radius 1 is 0.938 bits per heavy atom. The molecule has 0 bridgehead atoms. The molecule has 0 aromatic carbocycles. The zero-order valence-electron chi connectivity index (χ0n) is 11.0. The first kappa shape index (κ1) is 13.9. The summed E-state index contributed by atoms with van der Waals surface area (Å²) in [6, 6.07) is 1.29. The molecule has 0 heterocycles. The third-order valence-corrected chi connectivity index (χ3v) is 3.69. The first-order valence-corrected chi connectivity index (χ1v) is 6.51. The monoisotopic (exact) mass is 228 g/mol. The van der Waals surface area contributed by atoms with E-state index in [9.17, 15) is 0 Å². The zero-order chi connectivity index (χ0) is 11.8. The summed E-state index contributed by atoms with van der Waals surface area (Å²) in [7, 11) is 6.14. The molecule has 0 aromatic heterocycles. The van der Waals surface area contributed by atoms with Crippen LogP contribution in [-0.2, 0) is 0 Å². The summed E-state index contributed by atoms with van der Waals surface area (Å²) in [5.41, 5.74) is 0. The lowest BCUT2D eigenvalue weighted by atomic mass is 9.82. The van der Waals surface area contributed by atoms with E-state index in [-0.39, 0.29) is 0 Å². The normalized spacial score (nSPS) is 30.6. The number of likely N-dealkylation sites (N-methyl/N-ethyl adjacent to an activating group) is 3. The van der Waals surface area contributed by atoms with Gasteiger partial charge in [-0.2, -0.15) is 0 Å². The first-order valence-electron chi connectivity index (χ1n) is 6.51. The lowest BCUT2D eigenvalue weighted by Gasteiger charge is -2.36. The molecule has 1 saturated carbocycles. The Kier molecular flexibility index (Phi) is 6.96. The molecule has 4 N–H and O–H groups in total. The van der Waals surface area contributed by atoms with E-state index in [2.05, 4.69) is 35.4 Å². The van der Waals surface area contributed by atoms with Crippen LogP contribution in [0, 0.1) is 5.92 Å². The maximum Gasteiger partial charge on any atom is 0.0221 e. The van der Waals surface area contributed by atoms with Crippen molar-refractivity contribution < 1.29 is 0 Å². The Bertz CT molecular complexity index is 174. The van der Waals surface area contributed by atoms with Crippen molar-refractivity contribution in [3.63, 3.8) is 0 Å². The number of rotatable bonds is 7. The second kappa shape index (κ2) is 8.01. The molecule has 1 fully saturated rings. The van der Waals surface area contributed by atoms with Crippen LogP contribution in [0.3, 0.4) is 0 Å². The molecule has 3 atom stereocenters. The maximum atomic E-state index is 3.52. The quantitative estimate of drug-likeness (QED) is 0.455. The highest BCUT2D eigenvalue weighted by Crippen LogP contribution is 2.23. The van der Waals surface area contributed by atoms with Gasteiger partial charge in [0.1, 0.15) is 0 Å². The van der Waals surface area contributed by atoms with Crippen LogP contribution in [0.5, 0.6) is 0 Å². The van der Waals surface area contributed by atoms with E-state index in [4.69, 9.17) is 0 Å². The van der Waals surface area contributed by atoms with Crippen LogP contribution in [-0.4, -0.2) is 52.9 Å². The molecule has 4 nitrogen and oxygen atoms in total. The van der Waals surface area contributed by atoms with Crippen molar-refractivity contribution in [1.82, 2.24) is 21.3 Å². The van der Waals surface area contributed by atoms with Gasteiger partial charge in [-0.1, -0.05) is 0 Å². The minimum atomic E-state index is 0.634. The molecule has 1 aliphatic carbocycles. The van der Waals surface area contributed by atoms with Gasteiger partial charge in [0.25, 0.3) is 0 Å². The topological polar surface area (TPSA) is 48.1 Å². The lowest BCUT2D eigenvalue weighted by molar-refractivity contribution is 0.236. The van der Waals surface area contributed by atoms with Crippen LogP contribution in [0.4, 0.5) is 0 Å². The second-order valence-electron chi connectivity index (χ2n) is 4.78. The van der Waals surface area contributed by atoms with Gasteiger partial charge in [-0.15, -0.1) is 0 Å². The second-order valence-corrected chi connectivity index (χ2v) is 4.78. The van der Waals surface area contributed by atoms with Gasteiger partial charge in [0, 0.05) is 25.2 Å². The molecule has 0 saturated heterocycles. The van der Waals surface area contributed by atoms with Crippen molar-refractivity contribution in [3.05, 3.63) is 0 Å². The molecule has 0 aromatic rings. The van der Waals surface area contributed by atoms with E-state index in [0.29, 0.717) is 12.1 Å². The van der Waals surface area contributed by atoms with E-state index in [1.54, 1.807) is 0 Å². The largest absolute Gasteiger partial charge is 0.318 e. The highest BCUT2D eigenvalue weighted by molar-refractivity contribution is 4.88. The molecule has 1 aliphatic rings. The SMILES string of the molecule is CNCCNCC1CCC(NC)C(NC)C1. The molecule has 3 unspecified atom stereocenters. The summed E-state index contributed by atoms with van der Waals surface area (Å²) in [4.78, 5) is 0. The molecule has 1 rings (SSSR count). The lowest BCUT2D eigenvalue weighted by Crippen LogP contribution is -2.50. The number of hydrogen-bond acceptors (Lipinski definition) is 4. The minimum absolute atomic E-state index is 0.634. The fourth-order valence-corrected chi connectivity index (χ4v) is 2.63. The van der Waals surface area contributed by atoms with E-state index >= 15 is 0 Å². The van der Waals surface area contributed by atoms with Crippen molar-refractivity contribution in [1.29, 1.82) is 0 Å². The molecular weight excluding hydrogens is 200 g/mol. The zero-order valence-corrected chi connectivity index (χ0v) is 11.0. The fraction of sp³-hybridized carbons (Fsp3) is 1.00. The molecular formula is C12H28N4. The molecule has 96 valence electrons. The number of nitrogens with one attached hydrogen (secondary N) is 4. The first-order chi connectivity index (χ1) is 7.81. The fourth-order valence-electron chi connectivity index (χ4n) is 2.63. The summed E-state index contributed by atoms with van der Waals surface area (Å²) in [6.07, 6.45) is 3.92. The average molecular weight is 228 g/mol. The van der Waals surface area contributed by atoms with Gasteiger partial charge in [0.15, 0.2) is 0 Å². The number of hydrogen-bond donors (Lipinski definition) is 4. The maximum absolute atomic E-state index is 3.52. The predicted octanol–water partition coefficient (Wildman–Crippen LogP) is -0.228. The molecule has 0 amide bonds. The Balaban J connectivity index is 2.20. The van der Waals surface area contributed by atoms with Crippen LogP contribution in [0.25, 0.3) is 0 Å². The van der Waals surface area contributed by atoms with Crippen molar-refractivity contribution in [2.45, 2.75) is 31.3 Å². The predicted molar refractivity (Wildman–Crippen MR) is 69.8 cm³/mol. The van der Waals surface area contributed by atoms with Crippen molar-refractivity contribution in [3.8, 4) is 0 Å². The van der Waals surface area contributed by atoms with Gasteiger partial charge in [-0.3, -0.25) is 0 Å². The Labute approximate surface area is 99.9 Å². The van der Waals surface area contributed by atoms with Crippen LogP contribution < -0.4 is 21.3 Å². The molecule has 0 aliphatic heterocycles. The highest BCUT2D eigenvalue weighted by Gasteiger charge is 2.27. The van der Waals surface area contributed by atoms with Crippen molar-refractivity contribution in [2.24, 2.45) is 5.92 Å². The third kappa shape index (κ3) is 4.37. The van der Waals surface area contributed by atoms with Crippen LogP contribution in [0.2, 0.25) is 0 Å².